The topological polar surface area (TPSA) is 61.6 Å². The zero-order valence-electron chi connectivity index (χ0n) is 11.3. The van der Waals surface area contributed by atoms with Crippen molar-refractivity contribution in [3.8, 4) is 6.07 Å². The fourth-order valence-corrected chi connectivity index (χ4v) is 1.94. The van der Waals surface area contributed by atoms with Crippen molar-refractivity contribution in [3.63, 3.8) is 0 Å². The van der Waals surface area contributed by atoms with Gasteiger partial charge >= 0.3 is 0 Å². The van der Waals surface area contributed by atoms with Crippen LogP contribution in [0.4, 0.5) is 5.82 Å². The van der Waals surface area contributed by atoms with Crippen LogP contribution in [0.1, 0.15) is 35.6 Å². The van der Waals surface area contributed by atoms with Crippen LogP contribution in [-0.2, 0) is 0 Å². The largest absolute Gasteiger partial charge is 0.363 e. The molecule has 1 heterocycles. The Hall–Kier alpha value is -2.41. The summed E-state index contributed by atoms with van der Waals surface area (Å²) in [4.78, 5) is 8.61. The number of hydrogen-bond acceptors (Lipinski definition) is 4. The third kappa shape index (κ3) is 3.29. The van der Waals surface area contributed by atoms with Crippen LogP contribution < -0.4 is 5.32 Å². The van der Waals surface area contributed by atoms with Crippen LogP contribution in [-0.4, -0.2) is 9.97 Å². The summed E-state index contributed by atoms with van der Waals surface area (Å²) >= 11 is 0. The van der Waals surface area contributed by atoms with Crippen molar-refractivity contribution in [2.24, 2.45) is 0 Å². The summed E-state index contributed by atoms with van der Waals surface area (Å²) < 4.78 is 0. The summed E-state index contributed by atoms with van der Waals surface area (Å²) in [5, 5.41) is 12.1. The van der Waals surface area contributed by atoms with Gasteiger partial charge in [0.25, 0.3) is 0 Å². The second kappa shape index (κ2) is 5.49. The van der Waals surface area contributed by atoms with Gasteiger partial charge in [0.15, 0.2) is 0 Å². The highest BCUT2D eigenvalue weighted by Gasteiger charge is 2.07. The summed E-state index contributed by atoms with van der Waals surface area (Å²) in [5.74, 6) is 1.58. The lowest BCUT2D eigenvalue weighted by Gasteiger charge is -2.15. The van der Waals surface area contributed by atoms with E-state index in [1.165, 1.54) is 0 Å². The zero-order chi connectivity index (χ0) is 13.8. The normalized spacial score (nSPS) is 11.7. The van der Waals surface area contributed by atoms with E-state index in [1.54, 1.807) is 0 Å². The SMILES string of the molecule is Cc1cc(NC(C)c2ccc(C#N)cc2)nc(C)n1. The molecular formula is C15H16N4. The van der Waals surface area contributed by atoms with Gasteiger partial charge in [-0.2, -0.15) is 5.26 Å². The number of nitrogens with one attached hydrogen (secondary N) is 1. The van der Waals surface area contributed by atoms with E-state index in [1.807, 2.05) is 44.2 Å². The average molecular weight is 252 g/mol. The smallest absolute Gasteiger partial charge is 0.130 e. The average Bonchev–Trinajstić information content (AvgIpc) is 2.37. The predicted octanol–water partition coefficient (Wildman–Crippen LogP) is 3.14. The van der Waals surface area contributed by atoms with E-state index in [0.717, 1.165) is 22.9 Å². The fourth-order valence-electron chi connectivity index (χ4n) is 1.94. The van der Waals surface area contributed by atoms with Crippen LogP contribution in [0, 0.1) is 25.2 Å². The fraction of sp³-hybridized carbons (Fsp3) is 0.267. The Labute approximate surface area is 113 Å². The Kier molecular flexibility index (Phi) is 3.76. The van der Waals surface area contributed by atoms with Crippen LogP contribution in [0.3, 0.4) is 0 Å². The van der Waals surface area contributed by atoms with E-state index >= 15 is 0 Å². The molecule has 0 bridgehead atoms. The van der Waals surface area contributed by atoms with Crippen LogP contribution in [0.25, 0.3) is 0 Å². The second-order valence-electron chi connectivity index (χ2n) is 4.54. The molecule has 1 aromatic heterocycles. The molecule has 2 aromatic rings. The second-order valence-corrected chi connectivity index (χ2v) is 4.54. The molecule has 0 aliphatic carbocycles. The van der Waals surface area contributed by atoms with E-state index in [-0.39, 0.29) is 6.04 Å². The standard InChI is InChI=1S/C15H16N4/c1-10-8-15(19-12(3)17-10)18-11(2)14-6-4-13(9-16)5-7-14/h4-8,11H,1-3H3,(H,17,18,19). The number of hydrogen-bond donors (Lipinski definition) is 1. The van der Waals surface area contributed by atoms with Gasteiger partial charge in [0, 0.05) is 17.8 Å². The minimum absolute atomic E-state index is 0.126. The molecule has 1 atom stereocenters. The minimum Gasteiger partial charge on any atom is -0.363 e. The van der Waals surface area contributed by atoms with Crippen molar-refractivity contribution in [3.05, 3.63) is 53.0 Å². The van der Waals surface area contributed by atoms with Gasteiger partial charge in [0.1, 0.15) is 11.6 Å². The van der Waals surface area contributed by atoms with Gasteiger partial charge in [-0.15, -0.1) is 0 Å². The molecule has 0 spiro atoms. The van der Waals surface area contributed by atoms with Crippen molar-refractivity contribution < 1.29 is 0 Å². The summed E-state index contributed by atoms with van der Waals surface area (Å²) in [6.07, 6.45) is 0. The van der Waals surface area contributed by atoms with E-state index in [2.05, 4.69) is 28.3 Å². The first-order valence-corrected chi connectivity index (χ1v) is 6.17. The monoisotopic (exact) mass is 252 g/mol. The molecule has 1 N–H and O–H groups in total. The number of rotatable bonds is 3. The first-order chi connectivity index (χ1) is 9.08. The van der Waals surface area contributed by atoms with Gasteiger partial charge in [-0.25, -0.2) is 9.97 Å². The Morgan fingerprint density at radius 3 is 2.42 bits per heavy atom. The molecule has 4 nitrogen and oxygen atoms in total. The van der Waals surface area contributed by atoms with Gasteiger partial charge < -0.3 is 5.32 Å². The molecule has 1 unspecified atom stereocenters. The van der Waals surface area contributed by atoms with Crippen molar-refractivity contribution >= 4 is 5.82 Å². The highest BCUT2D eigenvalue weighted by atomic mass is 15.0. The van der Waals surface area contributed by atoms with Crippen LogP contribution in [0.2, 0.25) is 0 Å². The molecule has 0 radical (unpaired) electrons. The Bertz CT molecular complexity index is 591. The molecule has 0 aliphatic heterocycles. The molecule has 0 saturated carbocycles. The van der Waals surface area contributed by atoms with Crippen LogP contribution in [0.5, 0.6) is 0 Å². The van der Waals surface area contributed by atoms with Gasteiger partial charge in [0.2, 0.25) is 0 Å². The Morgan fingerprint density at radius 1 is 1.16 bits per heavy atom. The maximum atomic E-state index is 8.78. The van der Waals surface area contributed by atoms with Gasteiger partial charge in [-0.3, -0.25) is 0 Å². The lowest BCUT2D eigenvalue weighted by Crippen LogP contribution is -2.09. The highest BCUT2D eigenvalue weighted by molar-refractivity contribution is 5.40. The summed E-state index contributed by atoms with van der Waals surface area (Å²) in [5.41, 5.74) is 2.74. The van der Waals surface area contributed by atoms with Crippen LogP contribution >= 0.6 is 0 Å². The minimum atomic E-state index is 0.126. The van der Waals surface area contributed by atoms with Gasteiger partial charge in [-0.05, 0) is 38.5 Å². The Morgan fingerprint density at radius 2 is 1.84 bits per heavy atom. The maximum absolute atomic E-state index is 8.78. The maximum Gasteiger partial charge on any atom is 0.130 e. The zero-order valence-corrected chi connectivity index (χ0v) is 11.3. The van der Waals surface area contributed by atoms with E-state index < -0.39 is 0 Å². The third-order valence-electron chi connectivity index (χ3n) is 2.87. The highest BCUT2D eigenvalue weighted by Crippen LogP contribution is 2.18. The number of benzene rings is 1. The van der Waals surface area contributed by atoms with Crippen molar-refractivity contribution in [2.45, 2.75) is 26.8 Å². The van der Waals surface area contributed by atoms with Crippen molar-refractivity contribution in [1.82, 2.24) is 9.97 Å². The molecule has 0 aliphatic rings. The quantitative estimate of drug-likeness (QED) is 0.911. The molecule has 19 heavy (non-hydrogen) atoms. The first kappa shape index (κ1) is 13.0. The third-order valence-corrected chi connectivity index (χ3v) is 2.87. The molecule has 0 amide bonds. The summed E-state index contributed by atoms with van der Waals surface area (Å²) in [6, 6.07) is 11.7. The predicted molar refractivity (Wildman–Crippen MR) is 74.7 cm³/mol. The molecule has 4 heteroatoms. The first-order valence-electron chi connectivity index (χ1n) is 6.17. The van der Waals surface area contributed by atoms with E-state index in [9.17, 15) is 0 Å². The van der Waals surface area contributed by atoms with Gasteiger partial charge in [-0.1, -0.05) is 12.1 Å². The molecule has 1 aromatic carbocycles. The van der Waals surface area contributed by atoms with Crippen LogP contribution in [0.15, 0.2) is 30.3 Å². The Balaban J connectivity index is 2.15. The lowest BCUT2D eigenvalue weighted by atomic mass is 10.1. The van der Waals surface area contributed by atoms with Gasteiger partial charge in [0.05, 0.1) is 11.6 Å². The summed E-state index contributed by atoms with van der Waals surface area (Å²) in [7, 11) is 0. The number of aromatic nitrogens is 2. The number of anilines is 1. The lowest BCUT2D eigenvalue weighted by molar-refractivity contribution is 0.863. The van der Waals surface area contributed by atoms with Crippen molar-refractivity contribution in [1.29, 1.82) is 5.26 Å². The number of nitriles is 1. The molecule has 96 valence electrons. The summed E-state index contributed by atoms with van der Waals surface area (Å²) in [6.45, 7) is 5.89. The number of aryl methyl sites for hydroxylation is 2. The van der Waals surface area contributed by atoms with Crippen molar-refractivity contribution in [2.75, 3.05) is 5.32 Å². The molecule has 0 fully saturated rings. The molecular weight excluding hydrogens is 236 g/mol. The molecule has 0 saturated heterocycles. The number of nitrogens with zero attached hydrogens (tertiary/aromatic N) is 3. The van der Waals surface area contributed by atoms with E-state index in [4.69, 9.17) is 5.26 Å². The molecule has 2 rings (SSSR count). The van der Waals surface area contributed by atoms with E-state index in [0.29, 0.717) is 5.56 Å².